The van der Waals surface area contributed by atoms with Crippen molar-refractivity contribution >= 4 is 11.6 Å². The Bertz CT molecular complexity index is 566. The predicted molar refractivity (Wildman–Crippen MR) is 72.7 cm³/mol. The fourth-order valence-corrected chi connectivity index (χ4v) is 2.40. The van der Waals surface area contributed by atoms with Gasteiger partial charge in [-0.25, -0.2) is 4.39 Å². The zero-order valence-corrected chi connectivity index (χ0v) is 11.7. The monoisotopic (exact) mass is 282 g/mol. The number of benzene rings is 1. The molecule has 0 saturated carbocycles. The van der Waals surface area contributed by atoms with E-state index in [-0.39, 0.29) is 5.82 Å². The Morgan fingerprint density at radius 2 is 2.00 bits per heavy atom. The van der Waals surface area contributed by atoms with Gasteiger partial charge in [0.25, 0.3) is 0 Å². The zero-order chi connectivity index (χ0) is 14.0. The third-order valence-electron chi connectivity index (χ3n) is 3.14. The minimum Gasteiger partial charge on any atom is -0.388 e. The standard InChI is InChI=1S/C14H16ClFN2O/c1-3-11-14(15)12(18(2)17-11)8-13(19)9-4-6-10(16)7-5-9/h4-7,13,19H,3,8H2,1-2H3. The maximum Gasteiger partial charge on any atom is 0.123 e. The number of aliphatic hydroxyl groups excluding tert-OH is 1. The van der Waals surface area contributed by atoms with Gasteiger partial charge in [-0.2, -0.15) is 5.10 Å². The molecule has 0 bridgehead atoms. The van der Waals surface area contributed by atoms with Gasteiger partial charge in [-0.15, -0.1) is 0 Å². The molecule has 19 heavy (non-hydrogen) atoms. The Morgan fingerprint density at radius 1 is 1.37 bits per heavy atom. The fourth-order valence-electron chi connectivity index (χ4n) is 2.03. The fraction of sp³-hybridized carbons (Fsp3) is 0.357. The van der Waals surface area contributed by atoms with Crippen LogP contribution >= 0.6 is 11.6 Å². The van der Waals surface area contributed by atoms with Crippen molar-refractivity contribution in [3.63, 3.8) is 0 Å². The second kappa shape index (κ2) is 5.72. The summed E-state index contributed by atoms with van der Waals surface area (Å²) in [4.78, 5) is 0. The first kappa shape index (κ1) is 14.0. The van der Waals surface area contributed by atoms with Gasteiger partial charge in [-0.1, -0.05) is 30.7 Å². The molecule has 0 fully saturated rings. The van der Waals surface area contributed by atoms with E-state index in [1.165, 1.54) is 12.1 Å². The van der Waals surface area contributed by atoms with Crippen molar-refractivity contribution in [2.24, 2.45) is 7.05 Å². The van der Waals surface area contributed by atoms with Crippen LogP contribution in [-0.4, -0.2) is 14.9 Å². The first-order valence-corrected chi connectivity index (χ1v) is 6.54. The quantitative estimate of drug-likeness (QED) is 0.936. The van der Waals surface area contributed by atoms with Crippen molar-refractivity contribution in [1.29, 1.82) is 0 Å². The van der Waals surface area contributed by atoms with Crippen molar-refractivity contribution in [3.8, 4) is 0 Å². The van der Waals surface area contributed by atoms with Crippen LogP contribution in [0.25, 0.3) is 0 Å². The zero-order valence-electron chi connectivity index (χ0n) is 10.9. The van der Waals surface area contributed by atoms with Crippen LogP contribution in [0.1, 0.15) is 30.0 Å². The lowest BCUT2D eigenvalue weighted by atomic mass is 10.0. The molecule has 1 atom stereocenters. The Labute approximate surface area is 116 Å². The number of aliphatic hydroxyl groups is 1. The molecular weight excluding hydrogens is 267 g/mol. The lowest BCUT2D eigenvalue weighted by Gasteiger charge is -2.11. The lowest BCUT2D eigenvalue weighted by Crippen LogP contribution is -2.07. The second-order valence-corrected chi connectivity index (χ2v) is 4.83. The normalized spacial score (nSPS) is 12.7. The van der Waals surface area contributed by atoms with Gasteiger partial charge in [0, 0.05) is 13.5 Å². The molecular formula is C14H16ClFN2O. The average molecular weight is 283 g/mol. The van der Waals surface area contributed by atoms with E-state index >= 15 is 0 Å². The van der Waals surface area contributed by atoms with Gasteiger partial charge in [0.2, 0.25) is 0 Å². The summed E-state index contributed by atoms with van der Waals surface area (Å²) in [7, 11) is 1.80. The summed E-state index contributed by atoms with van der Waals surface area (Å²) in [5, 5.41) is 15.1. The van der Waals surface area contributed by atoms with Crippen LogP contribution in [0.4, 0.5) is 4.39 Å². The summed E-state index contributed by atoms with van der Waals surface area (Å²) in [5.41, 5.74) is 2.28. The molecule has 1 heterocycles. The summed E-state index contributed by atoms with van der Waals surface area (Å²) in [6.45, 7) is 1.98. The van der Waals surface area contributed by atoms with Crippen molar-refractivity contribution in [3.05, 3.63) is 52.1 Å². The van der Waals surface area contributed by atoms with E-state index in [1.54, 1.807) is 23.9 Å². The van der Waals surface area contributed by atoms with E-state index in [0.29, 0.717) is 17.0 Å². The van der Waals surface area contributed by atoms with E-state index in [9.17, 15) is 9.50 Å². The topological polar surface area (TPSA) is 38.0 Å². The number of nitrogens with zero attached hydrogens (tertiary/aromatic N) is 2. The summed E-state index contributed by atoms with van der Waals surface area (Å²) >= 11 is 6.23. The second-order valence-electron chi connectivity index (χ2n) is 4.46. The summed E-state index contributed by atoms with van der Waals surface area (Å²) in [6.07, 6.45) is 0.381. The predicted octanol–water partition coefficient (Wildman–Crippen LogP) is 3.05. The summed E-state index contributed by atoms with van der Waals surface area (Å²) in [5.74, 6) is -0.317. The molecule has 2 rings (SSSR count). The van der Waals surface area contributed by atoms with E-state index in [0.717, 1.165) is 17.8 Å². The first-order valence-electron chi connectivity index (χ1n) is 6.16. The SMILES string of the molecule is CCc1nn(C)c(CC(O)c2ccc(F)cc2)c1Cl. The highest BCUT2D eigenvalue weighted by molar-refractivity contribution is 6.31. The van der Waals surface area contributed by atoms with Crippen molar-refractivity contribution in [1.82, 2.24) is 9.78 Å². The smallest absolute Gasteiger partial charge is 0.123 e. The van der Waals surface area contributed by atoms with Gasteiger partial charge < -0.3 is 5.11 Å². The molecule has 2 aromatic rings. The molecule has 1 aromatic carbocycles. The maximum atomic E-state index is 12.8. The molecule has 1 unspecified atom stereocenters. The molecule has 0 aliphatic heterocycles. The van der Waals surface area contributed by atoms with Crippen LogP contribution in [0, 0.1) is 5.82 Å². The molecule has 0 aliphatic rings. The van der Waals surface area contributed by atoms with Crippen LogP contribution in [0.3, 0.4) is 0 Å². The molecule has 0 radical (unpaired) electrons. The molecule has 1 aromatic heterocycles. The third-order valence-corrected chi connectivity index (χ3v) is 3.58. The molecule has 3 nitrogen and oxygen atoms in total. The molecule has 5 heteroatoms. The molecule has 1 N–H and O–H groups in total. The van der Waals surface area contributed by atoms with Crippen molar-refractivity contribution in [2.45, 2.75) is 25.9 Å². The van der Waals surface area contributed by atoms with Crippen LogP contribution in [0.2, 0.25) is 5.02 Å². The van der Waals surface area contributed by atoms with Gasteiger partial charge in [-0.3, -0.25) is 4.68 Å². The van der Waals surface area contributed by atoms with E-state index < -0.39 is 6.10 Å². The van der Waals surface area contributed by atoms with Crippen molar-refractivity contribution in [2.75, 3.05) is 0 Å². The average Bonchev–Trinajstić information content (AvgIpc) is 2.67. The molecule has 0 saturated heterocycles. The van der Waals surface area contributed by atoms with Gasteiger partial charge in [0.1, 0.15) is 5.82 Å². The minimum atomic E-state index is -0.724. The Kier molecular flexibility index (Phi) is 4.22. The number of aryl methyl sites for hydroxylation is 2. The van der Waals surface area contributed by atoms with E-state index in [2.05, 4.69) is 5.10 Å². The summed E-state index contributed by atoms with van der Waals surface area (Å²) in [6, 6.07) is 5.82. The Morgan fingerprint density at radius 3 is 2.53 bits per heavy atom. The van der Waals surface area contributed by atoms with Gasteiger partial charge in [0.15, 0.2) is 0 Å². The molecule has 102 valence electrons. The van der Waals surface area contributed by atoms with Gasteiger partial charge in [0.05, 0.1) is 22.5 Å². The highest BCUT2D eigenvalue weighted by atomic mass is 35.5. The third kappa shape index (κ3) is 2.96. The highest BCUT2D eigenvalue weighted by Gasteiger charge is 2.17. The number of aromatic nitrogens is 2. The molecule has 0 amide bonds. The number of hydrogen-bond acceptors (Lipinski definition) is 2. The van der Waals surface area contributed by atoms with E-state index in [1.807, 2.05) is 6.92 Å². The van der Waals surface area contributed by atoms with Gasteiger partial charge >= 0.3 is 0 Å². The minimum absolute atomic E-state index is 0.317. The number of hydrogen-bond donors (Lipinski definition) is 1. The first-order chi connectivity index (χ1) is 9.02. The maximum absolute atomic E-state index is 12.8. The largest absolute Gasteiger partial charge is 0.388 e. The van der Waals surface area contributed by atoms with Crippen molar-refractivity contribution < 1.29 is 9.50 Å². The number of halogens is 2. The van der Waals surface area contributed by atoms with Crippen LogP contribution < -0.4 is 0 Å². The molecule has 0 aliphatic carbocycles. The molecule has 0 spiro atoms. The number of rotatable bonds is 4. The Balaban J connectivity index is 2.21. The van der Waals surface area contributed by atoms with Crippen LogP contribution in [0.5, 0.6) is 0 Å². The lowest BCUT2D eigenvalue weighted by molar-refractivity contribution is 0.175. The highest BCUT2D eigenvalue weighted by Crippen LogP contribution is 2.26. The summed E-state index contributed by atoms with van der Waals surface area (Å²) < 4.78 is 14.5. The van der Waals surface area contributed by atoms with E-state index in [4.69, 9.17) is 11.6 Å². The van der Waals surface area contributed by atoms with Crippen LogP contribution in [0.15, 0.2) is 24.3 Å². The van der Waals surface area contributed by atoms with Crippen LogP contribution in [-0.2, 0) is 19.9 Å². The Hall–Kier alpha value is -1.39. The van der Waals surface area contributed by atoms with Gasteiger partial charge in [-0.05, 0) is 24.1 Å².